The van der Waals surface area contributed by atoms with Crippen LogP contribution in [0.3, 0.4) is 0 Å². The van der Waals surface area contributed by atoms with Gasteiger partial charge in [0.05, 0.1) is 17.2 Å². The Kier molecular flexibility index (Phi) is 4.02. The summed E-state index contributed by atoms with van der Waals surface area (Å²) in [4.78, 5) is 22.1. The number of carbonyl (C=O) groups is 2. The Bertz CT molecular complexity index is 616. The molecule has 1 aromatic carbocycles. The average molecular weight is 279 g/mol. The van der Waals surface area contributed by atoms with Gasteiger partial charge in [0.15, 0.2) is 12.0 Å². The van der Waals surface area contributed by atoms with Gasteiger partial charge in [-0.2, -0.15) is 0 Å². The Morgan fingerprint density at radius 2 is 2.16 bits per heavy atom. The zero-order valence-corrected chi connectivity index (χ0v) is 10.9. The van der Waals surface area contributed by atoms with Crippen LogP contribution < -0.4 is 0 Å². The van der Waals surface area contributed by atoms with Crippen molar-refractivity contribution in [1.29, 1.82) is 0 Å². The maximum atomic E-state index is 11.5. The predicted octanol–water partition coefficient (Wildman–Crippen LogP) is 3.59. The van der Waals surface area contributed by atoms with E-state index in [4.69, 9.17) is 20.8 Å². The van der Waals surface area contributed by atoms with Crippen LogP contribution in [0.25, 0.3) is 11.3 Å². The molecule has 5 heteroatoms. The number of rotatable bonds is 4. The van der Waals surface area contributed by atoms with E-state index in [-0.39, 0.29) is 5.76 Å². The summed E-state index contributed by atoms with van der Waals surface area (Å²) in [5.74, 6) is 0.270. The van der Waals surface area contributed by atoms with Crippen molar-refractivity contribution < 1.29 is 18.7 Å². The maximum absolute atomic E-state index is 11.5. The van der Waals surface area contributed by atoms with Crippen LogP contribution in [-0.2, 0) is 4.74 Å². The molecule has 0 radical (unpaired) electrons. The lowest BCUT2D eigenvalue weighted by molar-refractivity contribution is 0.0526. The molecule has 0 spiro atoms. The lowest BCUT2D eigenvalue weighted by Crippen LogP contribution is -2.04. The highest BCUT2D eigenvalue weighted by Crippen LogP contribution is 2.30. The zero-order valence-electron chi connectivity index (χ0n) is 10.2. The van der Waals surface area contributed by atoms with Crippen molar-refractivity contribution in [3.63, 3.8) is 0 Å². The number of ether oxygens (including phenoxy) is 1. The molecule has 0 N–H and O–H groups in total. The lowest BCUT2D eigenvalue weighted by atomic mass is 10.1. The van der Waals surface area contributed by atoms with Gasteiger partial charge in [0.25, 0.3) is 0 Å². The smallest absolute Gasteiger partial charge is 0.338 e. The number of hydrogen-bond donors (Lipinski definition) is 0. The zero-order chi connectivity index (χ0) is 13.8. The molecule has 0 fully saturated rings. The van der Waals surface area contributed by atoms with Crippen LogP contribution in [0.2, 0.25) is 5.02 Å². The normalized spacial score (nSPS) is 10.2. The van der Waals surface area contributed by atoms with E-state index in [0.29, 0.717) is 34.8 Å². The first-order valence-electron chi connectivity index (χ1n) is 5.67. The average Bonchev–Trinajstić information content (AvgIpc) is 2.87. The third-order valence-electron chi connectivity index (χ3n) is 2.49. The van der Waals surface area contributed by atoms with Gasteiger partial charge in [0.2, 0.25) is 0 Å². The Morgan fingerprint density at radius 1 is 1.37 bits per heavy atom. The lowest BCUT2D eigenvalue weighted by Gasteiger charge is -2.05. The van der Waals surface area contributed by atoms with Crippen molar-refractivity contribution in [3.8, 4) is 11.3 Å². The first kappa shape index (κ1) is 13.4. The van der Waals surface area contributed by atoms with E-state index >= 15 is 0 Å². The molecule has 19 heavy (non-hydrogen) atoms. The highest BCUT2D eigenvalue weighted by atomic mass is 35.5. The third kappa shape index (κ3) is 2.85. The number of aldehydes is 1. The maximum Gasteiger partial charge on any atom is 0.338 e. The summed E-state index contributed by atoms with van der Waals surface area (Å²) < 4.78 is 10.2. The third-order valence-corrected chi connectivity index (χ3v) is 2.80. The van der Waals surface area contributed by atoms with Gasteiger partial charge in [0, 0.05) is 5.56 Å². The Labute approximate surface area is 114 Å². The van der Waals surface area contributed by atoms with Gasteiger partial charge >= 0.3 is 5.97 Å². The Balaban J connectivity index is 2.33. The molecule has 0 saturated heterocycles. The van der Waals surface area contributed by atoms with Gasteiger partial charge in [-0.15, -0.1) is 0 Å². The molecule has 0 atom stereocenters. The molecule has 0 aliphatic rings. The van der Waals surface area contributed by atoms with Crippen LogP contribution in [0.4, 0.5) is 0 Å². The molecule has 0 aliphatic heterocycles. The Hall–Kier alpha value is -2.07. The minimum atomic E-state index is -0.427. The molecule has 1 aromatic heterocycles. The van der Waals surface area contributed by atoms with Gasteiger partial charge in [-0.05, 0) is 37.3 Å². The van der Waals surface area contributed by atoms with E-state index in [9.17, 15) is 9.59 Å². The SMILES string of the molecule is CCOC(=O)c1ccc(-c2ccc(C=O)o2)c(Cl)c1. The molecular formula is C14H11ClO4. The van der Waals surface area contributed by atoms with Crippen LogP contribution in [0.5, 0.6) is 0 Å². The second-order valence-corrected chi connectivity index (χ2v) is 4.14. The molecule has 0 bridgehead atoms. The number of esters is 1. The van der Waals surface area contributed by atoms with Crippen LogP contribution in [0.15, 0.2) is 34.7 Å². The fourth-order valence-electron chi connectivity index (χ4n) is 1.62. The van der Waals surface area contributed by atoms with E-state index in [1.807, 2.05) is 0 Å². The summed E-state index contributed by atoms with van der Waals surface area (Å²) in [5.41, 5.74) is 0.987. The van der Waals surface area contributed by atoms with Crippen LogP contribution in [-0.4, -0.2) is 18.9 Å². The summed E-state index contributed by atoms with van der Waals surface area (Å²) in [6, 6.07) is 7.97. The van der Waals surface area contributed by atoms with E-state index in [1.165, 1.54) is 6.07 Å². The molecule has 2 aromatic rings. The monoisotopic (exact) mass is 278 g/mol. The Morgan fingerprint density at radius 3 is 2.74 bits per heavy atom. The quantitative estimate of drug-likeness (QED) is 0.633. The first-order valence-corrected chi connectivity index (χ1v) is 6.05. The van der Waals surface area contributed by atoms with Crippen LogP contribution in [0, 0.1) is 0 Å². The minimum absolute atomic E-state index is 0.223. The molecule has 2 rings (SSSR count). The van der Waals surface area contributed by atoms with E-state index in [0.717, 1.165) is 0 Å². The minimum Gasteiger partial charge on any atom is -0.462 e. The second kappa shape index (κ2) is 5.71. The van der Waals surface area contributed by atoms with E-state index in [2.05, 4.69) is 0 Å². The van der Waals surface area contributed by atoms with Crippen LogP contribution in [0.1, 0.15) is 27.8 Å². The van der Waals surface area contributed by atoms with Crippen molar-refractivity contribution in [3.05, 3.63) is 46.7 Å². The molecule has 98 valence electrons. The van der Waals surface area contributed by atoms with Crippen molar-refractivity contribution in [2.24, 2.45) is 0 Å². The van der Waals surface area contributed by atoms with Crippen molar-refractivity contribution >= 4 is 23.9 Å². The van der Waals surface area contributed by atoms with Gasteiger partial charge in [-0.25, -0.2) is 4.79 Å². The second-order valence-electron chi connectivity index (χ2n) is 3.73. The number of furan rings is 1. The van der Waals surface area contributed by atoms with Crippen molar-refractivity contribution in [1.82, 2.24) is 0 Å². The highest BCUT2D eigenvalue weighted by molar-refractivity contribution is 6.33. The topological polar surface area (TPSA) is 56.5 Å². The number of halogens is 1. The fourth-order valence-corrected chi connectivity index (χ4v) is 1.89. The van der Waals surface area contributed by atoms with Gasteiger partial charge in [0.1, 0.15) is 5.76 Å². The molecule has 1 heterocycles. The summed E-state index contributed by atoms with van der Waals surface area (Å²) >= 11 is 6.10. The molecule has 0 amide bonds. The predicted molar refractivity (Wildman–Crippen MR) is 70.5 cm³/mol. The van der Waals surface area contributed by atoms with Gasteiger partial charge in [-0.1, -0.05) is 11.6 Å². The van der Waals surface area contributed by atoms with Gasteiger partial charge < -0.3 is 9.15 Å². The standard InChI is InChI=1S/C14H11ClO4/c1-2-18-14(17)9-3-5-11(12(15)7-9)13-6-4-10(8-16)19-13/h3-8H,2H2,1H3. The summed E-state index contributed by atoms with van der Waals surface area (Å²) in [6.07, 6.45) is 0.615. The fraction of sp³-hybridized carbons (Fsp3) is 0.143. The molecule has 0 unspecified atom stereocenters. The van der Waals surface area contributed by atoms with E-state index in [1.54, 1.807) is 31.2 Å². The molecular weight excluding hydrogens is 268 g/mol. The highest BCUT2D eigenvalue weighted by Gasteiger charge is 2.12. The molecule has 0 aliphatic carbocycles. The van der Waals surface area contributed by atoms with E-state index < -0.39 is 5.97 Å². The summed E-state index contributed by atoms with van der Waals surface area (Å²) in [7, 11) is 0. The first-order chi connectivity index (χ1) is 9.15. The number of carbonyl (C=O) groups excluding carboxylic acids is 2. The van der Waals surface area contributed by atoms with Crippen molar-refractivity contribution in [2.45, 2.75) is 6.92 Å². The van der Waals surface area contributed by atoms with Crippen LogP contribution >= 0.6 is 11.6 Å². The molecule has 0 saturated carbocycles. The number of hydrogen-bond acceptors (Lipinski definition) is 4. The summed E-state index contributed by atoms with van der Waals surface area (Å²) in [5, 5.41) is 0.359. The summed E-state index contributed by atoms with van der Waals surface area (Å²) in [6.45, 7) is 2.04. The molecule has 4 nitrogen and oxygen atoms in total. The van der Waals surface area contributed by atoms with Gasteiger partial charge in [-0.3, -0.25) is 4.79 Å². The number of benzene rings is 1. The largest absolute Gasteiger partial charge is 0.462 e. The van der Waals surface area contributed by atoms with Crippen molar-refractivity contribution in [2.75, 3.05) is 6.61 Å².